The number of amides is 1. The van der Waals surface area contributed by atoms with Crippen molar-refractivity contribution in [2.45, 2.75) is 40.2 Å². The van der Waals surface area contributed by atoms with Crippen molar-refractivity contribution in [1.29, 1.82) is 0 Å². The lowest BCUT2D eigenvalue weighted by molar-refractivity contribution is 0.0600. The largest absolute Gasteiger partial charge is 0.444 e. The summed E-state index contributed by atoms with van der Waals surface area (Å²) in [5.74, 6) is 0. The van der Waals surface area contributed by atoms with E-state index in [1.54, 1.807) is 20.8 Å². The zero-order chi connectivity index (χ0) is 10.8. The fourth-order valence-electron chi connectivity index (χ4n) is 0.302. The Kier molecular flexibility index (Phi) is 14.0. The van der Waals surface area contributed by atoms with Crippen molar-refractivity contribution in [1.82, 2.24) is 0 Å². The standard InChI is InChI=1S/C5H11NO2.C2H6.C2H2/c1-5(2,3)8-4(6)7;2*1-2/h1-3H3,(H2,6,7);1-2H3;1-2H. The van der Waals surface area contributed by atoms with E-state index in [0.29, 0.717) is 0 Å². The van der Waals surface area contributed by atoms with Crippen molar-refractivity contribution in [3.05, 3.63) is 0 Å². The summed E-state index contributed by atoms with van der Waals surface area (Å²) in [5.41, 5.74) is 4.26. The second-order valence-corrected chi connectivity index (χ2v) is 2.53. The summed E-state index contributed by atoms with van der Waals surface area (Å²) in [7, 11) is 0. The molecule has 1 amide bonds. The van der Waals surface area contributed by atoms with E-state index in [-0.39, 0.29) is 0 Å². The molecule has 3 heteroatoms. The van der Waals surface area contributed by atoms with Crippen LogP contribution in [-0.2, 0) is 4.74 Å². The summed E-state index contributed by atoms with van der Waals surface area (Å²) < 4.78 is 4.58. The summed E-state index contributed by atoms with van der Waals surface area (Å²) in [6.45, 7) is 9.28. The van der Waals surface area contributed by atoms with Gasteiger partial charge in [-0.2, -0.15) is 0 Å². The molecule has 0 bridgehead atoms. The molecule has 0 aliphatic carbocycles. The van der Waals surface area contributed by atoms with Crippen LogP contribution in [0.3, 0.4) is 0 Å². The van der Waals surface area contributed by atoms with Crippen molar-refractivity contribution in [2.24, 2.45) is 5.73 Å². The van der Waals surface area contributed by atoms with Crippen LogP contribution in [-0.4, -0.2) is 11.7 Å². The van der Waals surface area contributed by atoms with Crippen molar-refractivity contribution >= 4 is 6.09 Å². The smallest absolute Gasteiger partial charge is 0.405 e. The molecule has 0 aromatic heterocycles. The van der Waals surface area contributed by atoms with Crippen LogP contribution in [0.5, 0.6) is 0 Å². The molecule has 3 nitrogen and oxygen atoms in total. The lowest BCUT2D eigenvalue weighted by atomic mass is 10.2. The van der Waals surface area contributed by atoms with Gasteiger partial charge in [-0.1, -0.05) is 13.8 Å². The van der Waals surface area contributed by atoms with Crippen LogP contribution in [0, 0.1) is 12.8 Å². The first-order chi connectivity index (χ1) is 5.42. The molecule has 0 aliphatic rings. The van der Waals surface area contributed by atoms with Gasteiger partial charge in [0.25, 0.3) is 0 Å². The summed E-state index contributed by atoms with van der Waals surface area (Å²) in [4.78, 5) is 10.0. The molecular weight excluding hydrogens is 154 g/mol. The minimum absolute atomic E-state index is 0.453. The predicted octanol–water partition coefficient (Wildman–Crippen LogP) is 2.16. The molecular formula is C9H19NO2. The minimum Gasteiger partial charge on any atom is -0.444 e. The first kappa shape index (κ1) is 17.1. The van der Waals surface area contributed by atoms with Gasteiger partial charge in [0.05, 0.1) is 0 Å². The summed E-state index contributed by atoms with van der Waals surface area (Å²) >= 11 is 0. The molecule has 2 N–H and O–H groups in total. The number of hydrogen-bond donors (Lipinski definition) is 1. The Morgan fingerprint density at radius 1 is 1.25 bits per heavy atom. The molecule has 0 rings (SSSR count). The number of carbonyl (C=O) groups excluding carboxylic acids is 1. The van der Waals surface area contributed by atoms with Gasteiger partial charge in [-0.25, -0.2) is 4.79 Å². The fraction of sp³-hybridized carbons (Fsp3) is 0.667. The maximum atomic E-state index is 10.0. The number of nitrogens with two attached hydrogens (primary N) is 1. The Morgan fingerprint density at radius 2 is 1.50 bits per heavy atom. The van der Waals surface area contributed by atoms with E-state index < -0.39 is 11.7 Å². The Hall–Kier alpha value is -1.17. The van der Waals surface area contributed by atoms with Crippen LogP contribution in [0.2, 0.25) is 0 Å². The number of hydrogen-bond acceptors (Lipinski definition) is 2. The lowest BCUT2D eigenvalue weighted by Gasteiger charge is -2.16. The quantitative estimate of drug-likeness (QED) is 0.571. The van der Waals surface area contributed by atoms with Crippen LogP contribution < -0.4 is 5.73 Å². The van der Waals surface area contributed by atoms with Crippen LogP contribution in [0.1, 0.15) is 34.6 Å². The van der Waals surface area contributed by atoms with E-state index in [2.05, 4.69) is 17.6 Å². The third-order valence-corrected chi connectivity index (χ3v) is 0.407. The highest BCUT2D eigenvalue weighted by Gasteiger charge is 2.12. The summed E-state index contributed by atoms with van der Waals surface area (Å²) in [5, 5.41) is 0. The van der Waals surface area contributed by atoms with Gasteiger partial charge in [0, 0.05) is 0 Å². The maximum Gasteiger partial charge on any atom is 0.405 e. The molecule has 0 aliphatic heterocycles. The molecule has 0 aromatic carbocycles. The number of primary amides is 1. The van der Waals surface area contributed by atoms with Crippen molar-refractivity contribution < 1.29 is 9.53 Å². The molecule has 0 aromatic rings. The van der Waals surface area contributed by atoms with Crippen LogP contribution in [0.4, 0.5) is 4.79 Å². The number of carbonyl (C=O) groups is 1. The van der Waals surface area contributed by atoms with Crippen molar-refractivity contribution in [2.75, 3.05) is 0 Å². The topological polar surface area (TPSA) is 52.3 Å². The van der Waals surface area contributed by atoms with Gasteiger partial charge in [-0.15, -0.1) is 12.8 Å². The van der Waals surface area contributed by atoms with E-state index in [9.17, 15) is 4.79 Å². The fourth-order valence-corrected chi connectivity index (χ4v) is 0.302. The maximum absolute atomic E-state index is 10.0. The van der Waals surface area contributed by atoms with Crippen LogP contribution >= 0.6 is 0 Å². The molecule has 0 atom stereocenters. The van der Waals surface area contributed by atoms with Gasteiger partial charge < -0.3 is 10.5 Å². The van der Waals surface area contributed by atoms with Gasteiger partial charge in [0.1, 0.15) is 5.60 Å². The predicted molar refractivity (Wildman–Crippen MR) is 51.7 cm³/mol. The molecule has 0 spiro atoms. The average molecular weight is 173 g/mol. The second-order valence-electron chi connectivity index (χ2n) is 2.53. The lowest BCUT2D eigenvalue weighted by Crippen LogP contribution is -2.27. The highest BCUT2D eigenvalue weighted by molar-refractivity contribution is 5.65. The Bertz CT molecular complexity index is 122. The summed E-state index contributed by atoms with van der Waals surface area (Å²) in [6, 6.07) is 0. The molecule has 0 unspecified atom stereocenters. The van der Waals surface area contributed by atoms with Gasteiger partial charge in [-0.05, 0) is 20.8 Å². The normalized spacial score (nSPS) is 7.92. The summed E-state index contributed by atoms with van der Waals surface area (Å²) in [6.07, 6.45) is 7.28. The minimum atomic E-state index is -0.725. The molecule has 12 heavy (non-hydrogen) atoms. The number of ether oxygens (including phenoxy) is 1. The molecule has 0 saturated carbocycles. The third kappa shape index (κ3) is 36.9. The second kappa shape index (κ2) is 9.83. The van der Waals surface area contributed by atoms with E-state index >= 15 is 0 Å². The van der Waals surface area contributed by atoms with Crippen molar-refractivity contribution in [3.63, 3.8) is 0 Å². The number of terminal acetylenes is 1. The molecule has 0 radical (unpaired) electrons. The number of rotatable bonds is 0. The van der Waals surface area contributed by atoms with Crippen molar-refractivity contribution in [3.8, 4) is 12.8 Å². The monoisotopic (exact) mass is 173 g/mol. The average Bonchev–Trinajstić information content (AvgIpc) is 1.91. The third-order valence-electron chi connectivity index (χ3n) is 0.407. The Labute approximate surface area is 75.3 Å². The van der Waals surface area contributed by atoms with E-state index in [0.717, 1.165) is 0 Å². The van der Waals surface area contributed by atoms with Gasteiger partial charge in [0.2, 0.25) is 0 Å². The van der Waals surface area contributed by atoms with E-state index in [1.807, 2.05) is 13.8 Å². The molecule has 0 heterocycles. The Balaban J connectivity index is -0.000000175. The first-order valence-electron chi connectivity index (χ1n) is 3.73. The van der Waals surface area contributed by atoms with Gasteiger partial charge in [-0.3, -0.25) is 0 Å². The van der Waals surface area contributed by atoms with Gasteiger partial charge >= 0.3 is 6.09 Å². The first-order valence-corrected chi connectivity index (χ1v) is 3.73. The van der Waals surface area contributed by atoms with Gasteiger partial charge in [0.15, 0.2) is 0 Å². The van der Waals surface area contributed by atoms with Crippen LogP contribution in [0.25, 0.3) is 0 Å². The van der Waals surface area contributed by atoms with E-state index in [1.165, 1.54) is 0 Å². The highest BCUT2D eigenvalue weighted by Crippen LogP contribution is 2.04. The zero-order valence-electron chi connectivity index (χ0n) is 8.55. The molecule has 0 saturated heterocycles. The SMILES string of the molecule is C#C.CC.CC(C)(C)OC(N)=O. The Morgan fingerprint density at radius 3 is 1.50 bits per heavy atom. The molecule has 0 fully saturated rings. The highest BCUT2D eigenvalue weighted by atomic mass is 16.6. The van der Waals surface area contributed by atoms with E-state index in [4.69, 9.17) is 5.73 Å². The van der Waals surface area contributed by atoms with Crippen LogP contribution in [0.15, 0.2) is 0 Å². The zero-order valence-corrected chi connectivity index (χ0v) is 8.55. The molecule has 72 valence electrons.